The van der Waals surface area contributed by atoms with Gasteiger partial charge in [0, 0.05) is 6.07 Å². The SMILES string of the molecule is O=C(O)c1cc(-c2ncn[nH]2)on1. The summed E-state index contributed by atoms with van der Waals surface area (Å²) in [6, 6.07) is 1.27. The van der Waals surface area contributed by atoms with Crippen LogP contribution in [0.25, 0.3) is 11.6 Å². The van der Waals surface area contributed by atoms with Gasteiger partial charge in [0.15, 0.2) is 11.5 Å². The highest BCUT2D eigenvalue weighted by atomic mass is 16.5. The molecule has 0 aliphatic carbocycles. The van der Waals surface area contributed by atoms with E-state index in [0.717, 1.165) is 0 Å². The molecule has 2 aromatic heterocycles. The van der Waals surface area contributed by atoms with Gasteiger partial charge in [0.1, 0.15) is 6.33 Å². The molecule has 7 heteroatoms. The number of hydrogen-bond acceptors (Lipinski definition) is 5. The van der Waals surface area contributed by atoms with Gasteiger partial charge in [0.2, 0.25) is 5.76 Å². The molecule has 0 aliphatic rings. The van der Waals surface area contributed by atoms with Gasteiger partial charge < -0.3 is 9.63 Å². The molecule has 0 unspecified atom stereocenters. The predicted octanol–water partition coefficient (Wildman–Crippen LogP) is 0.158. The molecule has 2 aromatic rings. The Morgan fingerprint density at radius 2 is 2.46 bits per heavy atom. The molecule has 7 nitrogen and oxygen atoms in total. The summed E-state index contributed by atoms with van der Waals surface area (Å²) in [4.78, 5) is 14.2. The van der Waals surface area contributed by atoms with Crippen molar-refractivity contribution in [3.63, 3.8) is 0 Å². The highest BCUT2D eigenvalue weighted by Gasteiger charge is 2.13. The Balaban J connectivity index is 2.39. The van der Waals surface area contributed by atoms with Gasteiger partial charge in [-0.05, 0) is 0 Å². The zero-order valence-electron chi connectivity index (χ0n) is 6.26. The second-order valence-electron chi connectivity index (χ2n) is 2.22. The van der Waals surface area contributed by atoms with E-state index in [9.17, 15) is 4.79 Å². The van der Waals surface area contributed by atoms with Gasteiger partial charge in [-0.1, -0.05) is 5.16 Å². The Bertz CT molecular complexity index is 419. The molecule has 2 rings (SSSR count). The van der Waals surface area contributed by atoms with Crippen molar-refractivity contribution in [3.05, 3.63) is 18.1 Å². The molecule has 0 aliphatic heterocycles. The third-order valence-electron chi connectivity index (χ3n) is 1.38. The second-order valence-corrected chi connectivity index (χ2v) is 2.22. The first-order chi connectivity index (χ1) is 6.27. The van der Waals surface area contributed by atoms with Crippen molar-refractivity contribution in [1.29, 1.82) is 0 Å². The van der Waals surface area contributed by atoms with Crippen LogP contribution in [0.3, 0.4) is 0 Å². The lowest BCUT2D eigenvalue weighted by Crippen LogP contribution is -1.94. The van der Waals surface area contributed by atoms with E-state index in [2.05, 4.69) is 20.3 Å². The van der Waals surface area contributed by atoms with E-state index in [1.807, 2.05) is 0 Å². The lowest BCUT2D eigenvalue weighted by Gasteiger charge is -1.81. The van der Waals surface area contributed by atoms with Crippen molar-refractivity contribution in [3.8, 4) is 11.6 Å². The van der Waals surface area contributed by atoms with Gasteiger partial charge in [0.05, 0.1) is 0 Å². The molecule has 13 heavy (non-hydrogen) atoms. The fraction of sp³-hybridized carbons (Fsp3) is 0. The van der Waals surface area contributed by atoms with E-state index in [1.165, 1.54) is 12.4 Å². The fourth-order valence-corrected chi connectivity index (χ4v) is 0.812. The van der Waals surface area contributed by atoms with Crippen LogP contribution in [-0.2, 0) is 0 Å². The second kappa shape index (κ2) is 2.70. The minimum Gasteiger partial charge on any atom is -0.476 e. The molecular weight excluding hydrogens is 176 g/mol. The van der Waals surface area contributed by atoms with E-state index in [0.29, 0.717) is 5.82 Å². The summed E-state index contributed by atoms with van der Waals surface area (Å²) in [5.41, 5.74) is -0.161. The van der Waals surface area contributed by atoms with E-state index in [-0.39, 0.29) is 11.5 Å². The van der Waals surface area contributed by atoms with Crippen molar-refractivity contribution < 1.29 is 14.4 Å². The Labute approximate surface area is 71.4 Å². The Hall–Kier alpha value is -2.18. The molecule has 0 atom stereocenters. The van der Waals surface area contributed by atoms with Gasteiger partial charge in [-0.15, -0.1) is 0 Å². The summed E-state index contributed by atoms with van der Waals surface area (Å²) >= 11 is 0. The molecule has 0 saturated heterocycles. The number of aromatic amines is 1. The van der Waals surface area contributed by atoms with E-state index >= 15 is 0 Å². The number of carboxylic acid groups (broad SMARTS) is 1. The zero-order chi connectivity index (χ0) is 9.26. The van der Waals surface area contributed by atoms with Crippen LogP contribution in [0.2, 0.25) is 0 Å². The van der Waals surface area contributed by atoms with Crippen LogP contribution in [0.15, 0.2) is 16.9 Å². The fourth-order valence-electron chi connectivity index (χ4n) is 0.812. The van der Waals surface area contributed by atoms with Crippen LogP contribution in [0, 0.1) is 0 Å². The lowest BCUT2D eigenvalue weighted by atomic mass is 10.3. The molecule has 2 N–H and O–H groups in total. The molecule has 0 saturated carbocycles. The zero-order valence-corrected chi connectivity index (χ0v) is 6.26. The molecule has 66 valence electrons. The average molecular weight is 180 g/mol. The maximum Gasteiger partial charge on any atom is 0.358 e. The third kappa shape index (κ3) is 1.26. The molecule has 0 bridgehead atoms. The smallest absolute Gasteiger partial charge is 0.358 e. The van der Waals surface area contributed by atoms with Crippen molar-refractivity contribution in [1.82, 2.24) is 20.3 Å². The van der Waals surface area contributed by atoms with Crippen molar-refractivity contribution in [2.45, 2.75) is 0 Å². The van der Waals surface area contributed by atoms with Crippen LogP contribution < -0.4 is 0 Å². The van der Waals surface area contributed by atoms with Crippen LogP contribution in [-0.4, -0.2) is 31.4 Å². The van der Waals surface area contributed by atoms with Crippen molar-refractivity contribution in [2.24, 2.45) is 0 Å². The Morgan fingerprint density at radius 3 is 3.00 bits per heavy atom. The summed E-state index contributed by atoms with van der Waals surface area (Å²) in [5.74, 6) is -0.551. The van der Waals surface area contributed by atoms with E-state index in [4.69, 9.17) is 9.63 Å². The largest absolute Gasteiger partial charge is 0.476 e. The molecule has 0 radical (unpaired) electrons. The standard InChI is InChI=1S/C6H4N4O3/c11-6(12)3-1-4(13-10-3)5-7-2-8-9-5/h1-2H,(H,11,12)(H,7,8,9). The topological polar surface area (TPSA) is 105 Å². The van der Waals surface area contributed by atoms with Crippen LogP contribution in [0.4, 0.5) is 0 Å². The molecular formula is C6H4N4O3. The number of rotatable bonds is 2. The summed E-state index contributed by atoms with van der Waals surface area (Å²) in [6.07, 6.45) is 1.29. The van der Waals surface area contributed by atoms with Gasteiger partial charge in [-0.25, -0.2) is 9.78 Å². The molecule has 0 spiro atoms. The molecule has 0 amide bonds. The predicted molar refractivity (Wildman–Crippen MR) is 38.8 cm³/mol. The number of carboxylic acids is 1. The summed E-state index contributed by atoms with van der Waals surface area (Å²) in [5, 5.41) is 17.9. The summed E-state index contributed by atoms with van der Waals surface area (Å²) in [7, 11) is 0. The number of nitrogens with zero attached hydrogens (tertiary/aromatic N) is 3. The first kappa shape index (κ1) is 7.47. The minimum absolute atomic E-state index is 0.161. The number of aromatic nitrogens is 4. The number of nitrogens with one attached hydrogen (secondary N) is 1. The molecule has 0 aromatic carbocycles. The maximum atomic E-state index is 10.4. The third-order valence-corrected chi connectivity index (χ3v) is 1.38. The molecule has 2 heterocycles. The highest BCUT2D eigenvalue weighted by Crippen LogP contribution is 2.14. The van der Waals surface area contributed by atoms with Crippen LogP contribution in [0.1, 0.15) is 10.5 Å². The first-order valence-electron chi connectivity index (χ1n) is 3.33. The van der Waals surface area contributed by atoms with Gasteiger partial charge in [-0.2, -0.15) is 5.10 Å². The van der Waals surface area contributed by atoms with Gasteiger partial charge in [0.25, 0.3) is 0 Å². The number of hydrogen-bond donors (Lipinski definition) is 2. The summed E-state index contributed by atoms with van der Waals surface area (Å²) < 4.78 is 4.71. The van der Waals surface area contributed by atoms with Crippen molar-refractivity contribution >= 4 is 5.97 Å². The maximum absolute atomic E-state index is 10.4. The lowest BCUT2D eigenvalue weighted by molar-refractivity contribution is 0.0686. The van der Waals surface area contributed by atoms with E-state index in [1.54, 1.807) is 0 Å². The quantitative estimate of drug-likeness (QED) is 0.681. The first-order valence-corrected chi connectivity index (χ1v) is 3.33. The normalized spacial score (nSPS) is 10.2. The van der Waals surface area contributed by atoms with E-state index < -0.39 is 5.97 Å². The van der Waals surface area contributed by atoms with Gasteiger partial charge >= 0.3 is 5.97 Å². The Kier molecular flexibility index (Phi) is 1.55. The van der Waals surface area contributed by atoms with Crippen molar-refractivity contribution in [2.75, 3.05) is 0 Å². The number of H-pyrrole nitrogens is 1. The van der Waals surface area contributed by atoms with Crippen LogP contribution in [0.5, 0.6) is 0 Å². The monoisotopic (exact) mass is 180 g/mol. The number of carbonyl (C=O) groups is 1. The summed E-state index contributed by atoms with van der Waals surface area (Å²) in [6.45, 7) is 0. The number of aromatic carboxylic acids is 1. The average Bonchev–Trinajstić information content (AvgIpc) is 2.75. The molecule has 0 fully saturated rings. The Morgan fingerprint density at radius 1 is 1.62 bits per heavy atom. The minimum atomic E-state index is -1.14. The van der Waals surface area contributed by atoms with Gasteiger partial charge in [-0.3, -0.25) is 5.10 Å². The highest BCUT2D eigenvalue weighted by molar-refractivity contribution is 5.86. The van der Waals surface area contributed by atoms with Crippen LogP contribution >= 0.6 is 0 Å².